The van der Waals surface area contributed by atoms with Crippen molar-refractivity contribution < 1.29 is 13.9 Å². The quantitative estimate of drug-likeness (QED) is 0.129. The molecule has 11 nitrogen and oxygen atoms in total. The summed E-state index contributed by atoms with van der Waals surface area (Å²) in [7, 11) is 4.21. The molecule has 12 heteroatoms. The van der Waals surface area contributed by atoms with Crippen LogP contribution in [0.3, 0.4) is 0 Å². The Kier molecular flexibility index (Phi) is 11.4. The smallest absolute Gasteiger partial charge is 0.231 e. The lowest BCUT2D eigenvalue weighted by Crippen LogP contribution is -2.57. The maximum Gasteiger partial charge on any atom is 0.231 e. The van der Waals surface area contributed by atoms with Gasteiger partial charge in [-0.2, -0.15) is 5.10 Å². The normalized spacial score (nSPS) is 19.2. The minimum Gasteiger partial charge on any atom is -0.484 e. The molecule has 1 amide bonds. The topological polar surface area (TPSA) is 96.1 Å². The number of hydrogen-bond acceptors (Lipinski definition) is 8. The summed E-state index contributed by atoms with van der Waals surface area (Å²) in [4.78, 5) is 20.5. The van der Waals surface area contributed by atoms with Crippen molar-refractivity contribution >= 4 is 23.3 Å². The van der Waals surface area contributed by atoms with E-state index in [4.69, 9.17) is 9.84 Å². The third-order valence-electron chi connectivity index (χ3n) is 12.2. The zero-order valence-corrected chi connectivity index (χ0v) is 34.3. The van der Waals surface area contributed by atoms with Crippen LogP contribution in [0.2, 0.25) is 0 Å². The second kappa shape index (κ2) is 16.6. The van der Waals surface area contributed by atoms with Gasteiger partial charge in [0.05, 0.1) is 17.6 Å². The Morgan fingerprint density at radius 3 is 2.53 bits per heavy atom. The van der Waals surface area contributed by atoms with E-state index in [1.807, 2.05) is 30.5 Å². The first kappa shape index (κ1) is 39.0. The van der Waals surface area contributed by atoms with Crippen molar-refractivity contribution in [1.29, 1.82) is 0 Å². The lowest BCUT2D eigenvalue weighted by molar-refractivity contribution is -0.116. The largest absolute Gasteiger partial charge is 0.484 e. The Hall–Kier alpha value is -4.81. The van der Waals surface area contributed by atoms with Crippen LogP contribution in [0.5, 0.6) is 5.75 Å². The van der Waals surface area contributed by atoms with Crippen LogP contribution in [-0.2, 0) is 16.6 Å². The average molecular weight is 776 g/mol. The molecule has 1 unspecified atom stereocenters. The number of carbonyl (C=O) groups excluding carboxylic acids is 1. The molecule has 2 fully saturated rings. The number of likely N-dealkylation sites (tertiary alicyclic amines) is 1. The molecule has 2 aromatic carbocycles. The number of piperidine rings is 1. The van der Waals surface area contributed by atoms with Crippen molar-refractivity contribution in [3.05, 3.63) is 95.1 Å². The van der Waals surface area contributed by atoms with Crippen LogP contribution in [-0.4, -0.2) is 92.9 Å². The highest BCUT2D eigenvalue weighted by Crippen LogP contribution is 2.42. The first-order chi connectivity index (χ1) is 27.5. The van der Waals surface area contributed by atoms with Gasteiger partial charge in [-0.05, 0) is 118 Å². The lowest BCUT2D eigenvalue weighted by Gasteiger charge is -2.42. The van der Waals surface area contributed by atoms with E-state index in [0.29, 0.717) is 36.2 Å². The van der Waals surface area contributed by atoms with Crippen molar-refractivity contribution in [2.75, 3.05) is 57.0 Å². The first-order valence-electron chi connectivity index (χ1n) is 20.9. The van der Waals surface area contributed by atoms with E-state index in [1.54, 1.807) is 10.7 Å². The zero-order valence-electron chi connectivity index (χ0n) is 34.3. The molecule has 3 aromatic heterocycles. The van der Waals surface area contributed by atoms with Gasteiger partial charge < -0.3 is 19.9 Å². The summed E-state index contributed by atoms with van der Waals surface area (Å²) >= 11 is 0. The van der Waals surface area contributed by atoms with Crippen LogP contribution >= 0.6 is 0 Å². The number of benzene rings is 2. The molecule has 57 heavy (non-hydrogen) atoms. The van der Waals surface area contributed by atoms with Crippen LogP contribution in [0.15, 0.2) is 66.9 Å². The third kappa shape index (κ3) is 8.72. The predicted octanol–water partition coefficient (Wildman–Crippen LogP) is 7.94. The second-order valence-corrected chi connectivity index (χ2v) is 17.6. The number of pyridine rings is 1. The number of likely N-dealkylation sites (N-methyl/N-ethyl adjacent to an activating group) is 1. The highest BCUT2D eigenvalue weighted by molar-refractivity contribution is 5.90. The molecular formula is C45H58FN9O2. The molecule has 3 aliphatic rings. The number of rotatable bonds is 13. The maximum absolute atomic E-state index is 15.0. The molecule has 2 atom stereocenters. The molecule has 0 radical (unpaired) electrons. The van der Waals surface area contributed by atoms with Crippen LogP contribution in [0.1, 0.15) is 107 Å². The van der Waals surface area contributed by atoms with Crippen LogP contribution in [0.25, 0.3) is 11.3 Å². The summed E-state index contributed by atoms with van der Waals surface area (Å²) in [5.74, 6) is 2.39. The number of ether oxygens (including phenoxy) is 1. The van der Waals surface area contributed by atoms with Crippen LogP contribution in [0, 0.1) is 5.82 Å². The van der Waals surface area contributed by atoms with Crippen molar-refractivity contribution in [3.8, 4) is 11.4 Å². The van der Waals surface area contributed by atoms with Gasteiger partial charge in [0.2, 0.25) is 11.9 Å². The van der Waals surface area contributed by atoms with E-state index in [0.717, 1.165) is 87.1 Å². The number of nitrogens with zero attached hydrogens (tertiary/aromatic N) is 8. The van der Waals surface area contributed by atoms with Crippen molar-refractivity contribution in [2.24, 2.45) is 0 Å². The molecule has 0 bridgehead atoms. The van der Waals surface area contributed by atoms with Gasteiger partial charge in [-0.25, -0.2) is 9.07 Å². The average Bonchev–Trinajstić information content (AvgIpc) is 3.80. The van der Waals surface area contributed by atoms with Crippen molar-refractivity contribution in [1.82, 2.24) is 34.2 Å². The molecule has 0 spiro atoms. The molecule has 8 rings (SSSR count). The van der Waals surface area contributed by atoms with E-state index >= 15 is 4.39 Å². The fourth-order valence-electron chi connectivity index (χ4n) is 8.63. The molecule has 0 saturated carbocycles. The van der Waals surface area contributed by atoms with Gasteiger partial charge in [-0.1, -0.05) is 45.0 Å². The SMILES string of the molecule is CN(C)C1CN(CCc2cc(-n3nc(C(C)(C)C)cc3NC(=O)CCCC3CC[C@@H](Oc4ccc5nnc(N6CCCCC6)n5c4)c4ccccc43)ccc2F)C1. The minimum absolute atomic E-state index is 0.0502. The number of anilines is 2. The van der Waals surface area contributed by atoms with Gasteiger partial charge in [0, 0.05) is 56.7 Å². The summed E-state index contributed by atoms with van der Waals surface area (Å²) in [6.45, 7) is 11.1. The van der Waals surface area contributed by atoms with E-state index < -0.39 is 0 Å². The van der Waals surface area contributed by atoms with Crippen molar-refractivity contribution in [2.45, 2.75) is 102 Å². The highest BCUT2D eigenvalue weighted by Gasteiger charge is 2.30. The number of aromatic nitrogens is 5. The van der Waals surface area contributed by atoms with Gasteiger partial charge >= 0.3 is 0 Å². The molecule has 1 N–H and O–H groups in total. The summed E-state index contributed by atoms with van der Waals surface area (Å²) in [5, 5.41) is 17.0. The minimum atomic E-state index is -0.233. The third-order valence-corrected chi connectivity index (χ3v) is 12.2. The zero-order chi connectivity index (χ0) is 39.7. The molecule has 5 aromatic rings. The summed E-state index contributed by atoms with van der Waals surface area (Å²) < 4.78 is 25.6. The van der Waals surface area contributed by atoms with Gasteiger partial charge in [0.1, 0.15) is 23.5 Å². The Morgan fingerprint density at radius 2 is 1.75 bits per heavy atom. The number of hydrogen-bond donors (Lipinski definition) is 1. The number of amides is 1. The Bertz CT molecular complexity index is 2180. The maximum atomic E-state index is 15.0. The summed E-state index contributed by atoms with van der Waals surface area (Å²) in [5.41, 5.74) is 5.38. The Balaban J connectivity index is 0.902. The lowest BCUT2D eigenvalue weighted by atomic mass is 9.79. The number of fused-ring (bicyclic) bond motifs is 2. The molecule has 302 valence electrons. The van der Waals surface area contributed by atoms with Gasteiger partial charge in [0.15, 0.2) is 5.65 Å². The van der Waals surface area contributed by atoms with E-state index in [2.05, 4.69) is 93.7 Å². The van der Waals surface area contributed by atoms with E-state index in [1.165, 1.54) is 36.5 Å². The monoisotopic (exact) mass is 775 g/mol. The fraction of sp³-hybridized carbons (Fsp3) is 0.511. The summed E-state index contributed by atoms with van der Waals surface area (Å²) in [6, 6.07) is 20.3. The van der Waals surface area contributed by atoms with Gasteiger partial charge in [0.25, 0.3) is 0 Å². The number of carbonyl (C=O) groups is 1. The molecule has 1 aliphatic carbocycles. The summed E-state index contributed by atoms with van der Waals surface area (Å²) in [6.07, 6.45) is 10.2. The molecule has 2 aliphatic heterocycles. The molecule has 5 heterocycles. The van der Waals surface area contributed by atoms with Crippen LogP contribution in [0.4, 0.5) is 16.2 Å². The fourth-order valence-corrected chi connectivity index (χ4v) is 8.63. The number of nitrogens with one attached hydrogen (secondary N) is 1. The molecule has 2 saturated heterocycles. The highest BCUT2D eigenvalue weighted by atomic mass is 19.1. The van der Waals surface area contributed by atoms with Gasteiger partial charge in [-0.3, -0.25) is 14.1 Å². The van der Waals surface area contributed by atoms with E-state index in [-0.39, 0.29) is 23.2 Å². The van der Waals surface area contributed by atoms with Gasteiger partial charge in [-0.15, -0.1) is 10.2 Å². The number of halogens is 1. The van der Waals surface area contributed by atoms with Crippen molar-refractivity contribution in [3.63, 3.8) is 0 Å². The Morgan fingerprint density at radius 1 is 0.965 bits per heavy atom. The molecular weight excluding hydrogens is 718 g/mol. The van der Waals surface area contributed by atoms with E-state index in [9.17, 15) is 4.79 Å². The Labute approximate surface area is 336 Å². The van der Waals surface area contributed by atoms with Crippen LogP contribution < -0.4 is 15.0 Å². The predicted molar refractivity (Wildman–Crippen MR) is 223 cm³/mol. The standard InChI is InChI=1S/C45H58FN9O2/c1-45(2,3)40-27-42(55(50-40)33-17-19-38(46)32(26-33)22-25-52-28-34(29-52)51(4)5)47-43(56)15-11-12-31-16-20-39(37-14-8-7-13-36(31)37)57-35-18-21-41-48-49-44(54(41)30-35)53-23-9-6-10-24-53/h7-8,13-14,17-19,21,26-27,30-31,34,39H,6,9-12,15-16,20,22-25,28-29H2,1-5H3,(H,47,56)/t31?,39-/m1/s1. The second-order valence-electron chi connectivity index (χ2n) is 17.6. The first-order valence-corrected chi connectivity index (χ1v) is 20.9.